The number of aromatic nitrogens is 2. The molecule has 7 nitrogen and oxygen atoms in total. The number of benzene rings is 2. The largest absolute Gasteiger partial charge is 0.474 e. The Morgan fingerprint density at radius 2 is 1.95 bits per heavy atom. The molecular formula is C30H35N5O2. The number of carbonyl (C=O) groups is 1. The molecule has 2 aliphatic rings. The van der Waals surface area contributed by atoms with Crippen molar-refractivity contribution >= 4 is 16.8 Å². The SMILES string of the molecule is C=C(OC(C)(C)C)N1[C@@H]2CC[C@@H](C2)[C@H]1C(=O)N[C@H](C#N)Cc1ccc(-c2ccc3cnn(C)c3c2)cc1. The molecule has 1 aromatic heterocycles. The van der Waals surface area contributed by atoms with Gasteiger partial charge >= 0.3 is 0 Å². The van der Waals surface area contributed by atoms with Gasteiger partial charge in [0.05, 0.1) is 17.8 Å². The molecule has 1 saturated heterocycles. The zero-order chi connectivity index (χ0) is 26.3. The van der Waals surface area contributed by atoms with E-state index < -0.39 is 6.04 Å². The van der Waals surface area contributed by atoms with Gasteiger partial charge in [0.2, 0.25) is 5.91 Å². The minimum Gasteiger partial charge on any atom is -0.474 e. The highest BCUT2D eigenvalue weighted by molar-refractivity contribution is 5.85. The Morgan fingerprint density at radius 1 is 1.22 bits per heavy atom. The van der Waals surface area contributed by atoms with Crippen molar-refractivity contribution in [3.8, 4) is 17.2 Å². The number of carbonyl (C=O) groups excluding carboxylic acids is 1. The van der Waals surface area contributed by atoms with Crippen LogP contribution in [-0.2, 0) is 23.0 Å². The molecular weight excluding hydrogens is 462 g/mol. The first-order valence-electron chi connectivity index (χ1n) is 13.0. The van der Waals surface area contributed by atoms with E-state index in [1.807, 2.05) is 50.8 Å². The number of nitrogens with zero attached hydrogens (tertiary/aromatic N) is 4. The minimum atomic E-state index is -0.609. The summed E-state index contributed by atoms with van der Waals surface area (Å²) in [6.07, 6.45) is 5.34. The van der Waals surface area contributed by atoms with E-state index >= 15 is 0 Å². The second-order valence-corrected chi connectivity index (χ2v) is 11.3. The molecule has 1 aliphatic carbocycles. The fourth-order valence-corrected chi connectivity index (χ4v) is 5.87. The number of piperidine rings is 1. The predicted octanol–water partition coefficient (Wildman–Crippen LogP) is 4.93. The smallest absolute Gasteiger partial charge is 0.244 e. The van der Waals surface area contributed by atoms with Crippen molar-refractivity contribution in [1.29, 1.82) is 5.26 Å². The number of ether oxygens (including phenoxy) is 1. The molecule has 1 aliphatic heterocycles. The second-order valence-electron chi connectivity index (χ2n) is 11.3. The van der Waals surface area contributed by atoms with Crippen molar-refractivity contribution in [2.24, 2.45) is 13.0 Å². The fourth-order valence-electron chi connectivity index (χ4n) is 5.87. The zero-order valence-corrected chi connectivity index (χ0v) is 22.1. The maximum Gasteiger partial charge on any atom is 0.244 e. The number of fused-ring (bicyclic) bond motifs is 3. The second kappa shape index (κ2) is 9.59. The van der Waals surface area contributed by atoms with Crippen molar-refractivity contribution in [3.05, 3.63) is 66.7 Å². The highest BCUT2D eigenvalue weighted by Crippen LogP contribution is 2.45. The van der Waals surface area contributed by atoms with Gasteiger partial charge in [0.1, 0.15) is 17.7 Å². The van der Waals surface area contributed by atoms with Crippen LogP contribution in [0, 0.1) is 17.2 Å². The lowest BCUT2D eigenvalue weighted by Crippen LogP contribution is -2.52. The van der Waals surface area contributed by atoms with Crippen LogP contribution in [0.3, 0.4) is 0 Å². The fraction of sp³-hybridized carbons (Fsp3) is 0.433. The molecule has 192 valence electrons. The molecule has 7 heteroatoms. The lowest BCUT2D eigenvalue weighted by atomic mass is 9.97. The molecule has 1 amide bonds. The van der Waals surface area contributed by atoms with E-state index in [0.717, 1.165) is 46.9 Å². The molecule has 2 fully saturated rings. The van der Waals surface area contributed by atoms with E-state index in [9.17, 15) is 10.1 Å². The summed E-state index contributed by atoms with van der Waals surface area (Å²) in [5, 5.41) is 18.3. The average Bonchev–Trinajstić information content (AvgIpc) is 3.58. The van der Waals surface area contributed by atoms with Crippen LogP contribution >= 0.6 is 0 Å². The average molecular weight is 498 g/mol. The van der Waals surface area contributed by atoms with Crippen LogP contribution < -0.4 is 5.32 Å². The lowest BCUT2D eigenvalue weighted by Gasteiger charge is -2.39. The summed E-state index contributed by atoms with van der Waals surface area (Å²) in [6, 6.07) is 16.1. The molecule has 0 spiro atoms. The van der Waals surface area contributed by atoms with Gasteiger partial charge in [-0.05, 0) is 75.3 Å². The molecule has 1 saturated carbocycles. The Kier molecular flexibility index (Phi) is 6.45. The maximum atomic E-state index is 13.4. The molecule has 37 heavy (non-hydrogen) atoms. The van der Waals surface area contributed by atoms with Crippen molar-refractivity contribution < 1.29 is 9.53 Å². The van der Waals surface area contributed by atoms with Gasteiger partial charge in [0, 0.05) is 24.9 Å². The van der Waals surface area contributed by atoms with Crippen LogP contribution in [0.15, 0.2) is 61.1 Å². The third-order valence-electron chi connectivity index (χ3n) is 7.51. The summed E-state index contributed by atoms with van der Waals surface area (Å²) in [7, 11) is 1.94. The number of hydrogen-bond acceptors (Lipinski definition) is 5. The van der Waals surface area contributed by atoms with Crippen LogP contribution in [0.25, 0.3) is 22.0 Å². The number of rotatable bonds is 7. The van der Waals surface area contributed by atoms with Gasteiger partial charge < -0.3 is 15.0 Å². The van der Waals surface area contributed by atoms with E-state index in [1.54, 1.807) is 0 Å². The van der Waals surface area contributed by atoms with Crippen LogP contribution in [-0.4, -0.2) is 44.3 Å². The zero-order valence-electron chi connectivity index (χ0n) is 22.1. The van der Waals surface area contributed by atoms with Gasteiger partial charge in [0.25, 0.3) is 0 Å². The van der Waals surface area contributed by atoms with Crippen LogP contribution in [0.4, 0.5) is 0 Å². The molecule has 3 aromatic rings. The van der Waals surface area contributed by atoms with Crippen LogP contribution in [0.1, 0.15) is 45.6 Å². The van der Waals surface area contributed by atoms with Crippen molar-refractivity contribution in [2.45, 2.75) is 70.2 Å². The number of nitrogens with one attached hydrogen (secondary N) is 1. The highest BCUT2D eigenvalue weighted by atomic mass is 16.5. The van der Waals surface area contributed by atoms with Crippen molar-refractivity contribution in [1.82, 2.24) is 20.0 Å². The maximum absolute atomic E-state index is 13.4. The van der Waals surface area contributed by atoms with Crippen LogP contribution in [0.5, 0.6) is 0 Å². The van der Waals surface area contributed by atoms with Gasteiger partial charge in [-0.3, -0.25) is 9.48 Å². The molecule has 1 N–H and O–H groups in total. The molecule has 0 radical (unpaired) electrons. The summed E-state index contributed by atoms with van der Waals surface area (Å²) in [5.74, 6) is 0.701. The Labute approximate surface area is 218 Å². The molecule has 2 heterocycles. The summed E-state index contributed by atoms with van der Waals surface area (Å²) in [4.78, 5) is 15.5. The third kappa shape index (κ3) is 5.06. The lowest BCUT2D eigenvalue weighted by molar-refractivity contribution is -0.130. The molecule has 2 aromatic carbocycles. The Hall–Kier alpha value is -3.79. The monoisotopic (exact) mass is 497 g/mol. The Morgan fingerprint density at radius 3 is 2.65 bits per heavy atom. The minimum absolute atomic E-state index is 0.112. The first-order chi connectivity index (χ1) is 17.6. The van der Waals surface area contributed by atoms with Gasteiger partial charge in [-0.25, -0.2) is 0 Å². The number of nitriles is 1. The third-order valence-corrected chi connectivity index (χ3v) is 7.51. The number of hydrogen-bond donors (Lipinski definition) is 1. The standard InChI is InChI=1S/C30H35N5O2/c1-19(37-30(2,3)4)35-26-13-12-23(15-26)28(35)29(36)33-25(17-31)14-20-6-8-21(9-7-20)22-10-11-24-18-32-34(5)27(24)16-22/h6-11,16,18,23,25-26,28H,1,12-15H2,2-5H3,(H,33,36)/t23-,25-,26+,28-/m0/s1. The number of likely N-dealkylation sites (tertiary alicyclic amines) is 1. The van der Waals surface area contributed by atoms with E-state index in [2.05, 4.69) is 58.3 Å². The number of amides is 1. The highest BCUT2D eigenvalue weighted by Gasteiger charge is 2.50. The molecule has 2 bridgehead atoms. The molecule has 4 atom stereocenters. The molecule has 0 unspecified atom stereocenters. The Bertz CT molecular complexity index is 1360. The van der Waals surface area contributed by atoms with E-state index in [-0.39, 0.29) is 29.5 Å². The topological polar surface area (TPSA) is 83.2 Å². The van der Waals surface area contributed by atoms with Crippen molar-refractivity contribution in [2.75, 3.05) is 0 Å². The quantitative estimate of drug-likeness (QED) is 0.468. The number of aryl methyl sites for hydroxylation is 1. The van der Waals surface area contributed by atoms with Gasteiger partial charge in [0.15, 0.2) is 5.88 Å². The van der Waals surface area contributed by atoms with Crippen LogP contribution in [0.2, 0.25) is 0 Å². The first-order valence-corrected chi connectivity index (χ1v) is 13.0. The predicted molar refractivity (Wildman–Crippen MR) is 144 cm³/mol. The van der Waals surface area contributed by atoms with Gasteiger partial charge in [-0.15, -0.1) is 0 Å². The Balaban J connectivity index is 1.26. The van der Waals surface area contributed by atoms with E-state index in [4.69, 9.17) is 4.74 Å². The van der Waals surface area contributed by atoms with E-state index in [1.165, 1.54) is 0 Å². The normalized spacial score (nSPS) is 21.6. The summed E-state index contributed by atoms with van der Waals surface area (Å²) >= 11 is 0. The summed E-state index contributed by atoms with van der Waals surface area (Å²) in [5.41, 5.74) is 3.91. The summed E-state index contributed by atoms with van der Waals surface area (Å²) < 4.78 is 7.91. The van der Waals surface area contributed by atoms with E-state index in [0.29, 0.717) is 12.3 Å². The first kappa shape index (κ1) is 24.9. The summed E-state index contributed by atoms with van der Waals surface area (Å²) in [6.45, 7) is 10.1. The van der Waals surface area contributed by atoms with Crippen molar-refractivity contribution in [3.63, 3.8) is 0 Å². The molecule has 5 rings (SSSR count). The van der Waals surface area contributed by atoms with Gasteiger partial charge in [-0.1, -0.05) is 36.4 Å². The van der Waals surface area contributed by atoms with Gasteiger partial charge in [-0.2, -0.15) is 10.4 Å².